The summed E-state index contributed by atoms with van der Waals surface area (Å²) in [5.41, 5.74) is 5.12. The first-order chi connectivity index (χ1) is 16.8. The number of aryl methyl sites for hydroxylation is 2. The summed E-state index contributed by atoms with van der Waals surface area (Å²) in [5.74, 6) is 0.479. The summed E-state index contributed by atoms with van der Waals surface area (Å²) >= 11 is 5.74. The van der Waals surface area contributed by atoms with Gasteiger partial charge in [-0.1, -0.05) is 23.8 Å². The molecule has 35 heavy (non-hydrogen) atoms. The van der Waals surface area contributed by atoms with Gasteiger partial charge in [-0.3, -0.25) is 4.79 Å². The summed E-state index contributed by atoms with van der Waals surface area (Å²) in [4.78, 5) is 17.9. The van der Waals surface area contributed by atoms with E-state index in [1.807, 2.05) is 56.0 Å². The van der Waals surface area contributed by atoms with E-state index in [1.165, 1.54) is 12.1 Å². The van der Waals surface area contributed by atoms with Crippen LogP contribution in [0.3, 0.4) is 0 Å². The predicted molar refractivity (Wildman–Crippen MR) is 144 cm³/mol. The molecule has 0 spiro atoms. The highest BCUT2D eigenvalue weighted by Crippen LogP contribution is 2.20. The number of hydrogen-bond donors (Lipinski definition) is 2. The van der Waals surface area contributed by atoms with Crippen LogP contribution >= 0.6 is 12.2 Å². The molecular formula is C28H28FN3O2S. The Kier molecular flexibility index (Phi) is 7.46. The molecule has 5 nitrogen and oxygen atoms in total. The number of ether oxygens (including phenoxy) is 1. The standard InChI is InChI=1S/C28H28FN3O2S/c1-4-34-25-11-9-24(10-12-25)30-28(35)32(16-20-5-7-23(29)8-6-20)17-22-15-21-14-18(2)13-19(3)26(21)31-27(22)33/h5-15H,4,16-17H2,1-3H3,(H,30,35)(H,31,33). The van der Waals surface area contributed by atoms with Gasteiger partial charge in [-0.25, -0.2) is 4.39 Å². The van der Waals surface area contributed by atoms with Crippen molar-refractivity contribution in [2.24, 2.45) is 0 Å². The Hall–Kier alpha value is -3.71. The van der Waals surface area contributed by atoms with Crippen molar-refractivity contribution < 1.29 is 9.13 Å². The molecule has 2 N–H and O–H groups in total. The van der Waals surface area contributed by atoms with E-state index < -0.39 is 0 Å². The van der Waals surface area contributed by atoms with Crippen LogP contribution in [0.5, 0.6) is 5.75 Å². The van der Waals surface area contributed by atoms with Crippen molar-refractivity contribution in [3.8, 4) is 5.75 Å². The molecule has 0 radical (unpaired) electrons. The first-order valence-electron chi connectivity index (χ1n) is 11.5. The molecule has 0 amide bonds. The number of pyridine rings is 1. The fourth-order valence-electron chi connectivity index (χ4n) is 4.07. The number of nitrogens with zero attached hydrogens (tertiary/aromatic N) is 1. The molecule has 7 heteroatoms. The zero-order chi connectivity index (χ0) is 24.9. The first-order valence-corrected chi connectivity index (χ1v) is 11.9. The Morgan fingerprint density at radius 3 is 2.43 bits per heavy atom. The number of aromatic nitrogens is 1. The van der Waals surface area contributed by atoms with E-state index >= 15 is 0 Å². The van der Waals surface area contributed by atoms with Gasteiger partial charge in [-0.05, 0) is 98.0 Å². The Morgan fingerprint density at radius 2 is 1.74 bits per heavy atom. The van der Waals surface area contributed by atoms with Gasteiger partial charge >= 0.3 is 0 Å². The van der Waals surface area contributed by atoms with Gasteiger partial charge in [0.1, 0.15) is 11.6 Å². The third kappa shape index (κ3) is 6.05. The van der Waals surface area contributed by atoms with Crippen molar-refractivity contribution >= 4 is 33.9 Å². The van der Waals surface area contributed by atoms with Crippen LogP contribution in [0.25, 0.3) is 10.9 Å². The van der Waals surface area contributed by atoms with Crippen molar-refractivity contribution in [2.75, 3.05) is 11.9 Å². The van der Waals surface area contributed by atoms with Crippen LogP contribution in [0.4, 0.5) is 10.1 Å². The topological polar surface area (TPSA) is 57.4 Å². The minimum absolute atomic E-state index is 0.155. The zero-order valence-corrected chi connectivity index (χ0v) is 20.8. The summed E-state index contributed by atoms with van der Waals surface area (Å²) in [5, 5.41) is 4.69. The average molecular weight is 490 g/mol. The largest absolute Gasteiger partial charge is 0.494 e. The molecule has 1 heterocycles. The summed E-state index contributed by atoms with van der Waals surface area (Å²) in [7, 11) is 0. The molecule has 1 aromatic heterocycles. The highest BCUT2D eigenvalue weighted by atomic mass is 32.1. The van der Waals surface area contributed by atoms with E-state index in [0.717, 1.165) is 39.0 Å². The van der Waals surface area contributed by atoms with Crippen LogP contribution in [-0.4, -0.2) is 21.6 Å². The Morgan fingerprint density at radius 1 is 1.03 bits per heavy atom. The molecule has 0 aliphatic carbocycles. The summed E-state index contributed by atoms with van der Waals surface area (Å²) in [6.45, 7) is 7.25. The van der Waals surface area contributed by atoms with Gasteiger partial charge < -0.3 is 19.9 Å². The van der Waals surface area contributed by atoms with Crippen molar-refractivity contribution in [1.29, 1.82) is 0 Å². The maximum atomic E-state index is 13.5. The molecule has 0 saturated heterocycles. The Labute approximate surface area is 209 Å². The second-order valence-electron chi connectivity index (χ2n) is 8.54. The minimum atomic E-state index is -0.299. The predicted octanol–water partition coefficient (Wildman–Crippen LogP) is 6.08. The van der Waals surface area contributed by atoms with Crippen LogP contribution in [0, 0.1) is 19.7 Å². The molecule has 0 fully saturated rings. The lowest BCUT2D eigenvalue weighted by atomic mass is 10.1. The molecule has 0 saturated carbocycles. The maximum Gasteiger partial charge on any atom is 0.253 e. The van der Waals surface area contributed by atoms with E-state index in [1.54, 1.807) is 12.1 Å². The van der Waals surface area contributed by atoms with Gasteiger partial charge in [0.15, 0.2) is 5.11 Å². The summed E-state index contributed by atoms with van der Waals surface area (Å²) in [6.07, 6.45) is 0. The molecule has 0 unspecified atom stereocenters. The lowest BCUT2D eigenvalue weighted by Crippen LogP contribution is -2.35. The van der Waals surface area contributed by atoms with E-state index in [9.17, 15) is 9.18 Å². The van der Waals surface area contributed by atoms with Gasteiger partial charge in [-0.2, -0.15) is 0 Å². The Balaban J connectivity index is 1.63. The smallest absolute Gasteiger partial charge is 0.253 e. The van der Waals surface area contributed by atoms with Crippen LogP contribution in [0.1, 0.15) is 29.2 Å². The van der Waals surface area contributed by atoms with Crippen LogP contribution in [-0.2, 0) is 13.1 Å². The maximum absolute atomic E-state index is 13.5. The highest BCUT2D eigenvalue weighted by molar-refractivity contribution is 7.80. The van der Waals surface area contributed by atoms with Crippen molar-refractivity contribution in [3.63, 3.8) is 0 Å². The Bertz CT molecular complexity index is 1400. The van der Waals surface area contributed by atoms with Crippen LogP contribution in [0.15, 0.2) is 71.5 Å². The minimum Gasteiger partial charge on any atom is -0.494 e. The normalized spacial score (nSPS) is 10.9. The SMILES string of the molecule is CCOc1ccc(NC(=S)N(Cc2ccc(F)cc2)Cc2cc3cc(C)cc(C)c3[nH]c2=O)cc1. The molecule has 3 aromatic carbocycles. The van der Waals surface area contributed by atoms with E-state index in [0.29, 0.717) is 30.4 Å². The molecule has 0 atom stereocenters. The number of nitrogens with one attached hydrogen (secondary N) is 2. The van der Waals surface area contributed by atoms with Crippen LogP contribution < -0.4 is 15.6 Å². The van der Waals surface area contributed by atoms with Gasteiger partial charge in [0, 0.05) is 17.8 Å². The van der Waals surface area contributed by atoms with E-state index in [-0.39, 0.29) is 11.4 Å². The fraction of sp³-hybridized carbons (Fsp3) is 0.214. The lowest BCUT2D eigenvalue weighted by molar-refractivity contribution is 0.340. The fourth-order valence-corrected chi connectivity index (χ4v) is 4.32. The second kappa shape index (κ2) is 10.7. The number of anilines is 1. The number of thiocarbonyl (C=S) groups is 1. The zero-order valence-electron chi connectivity index (χ0n) is 20.0. The van der Waals surface area contributed by atoms with Crippen LogP contribution in [0.2, 0.25) is 0 Å². The van der Waals surface area contributed by atoms with E-state index in [2.05, 4.69) is 22.4 Å². The number of halogens is 1. The summed E-state index contributed by atoms with van der Waals surface area (Å²) in [6, 6.07) is 19.8. The number of rotatable bonds is 7. The number of fused-ring (bicyclic) bond motifs is 1. The van der Waals surface area contributed by atoms with Gasteiger partial charge in [-0.15, -0.1) is 0 Å². The monoisotopic (exact) mass is 489 g/mol. The first kappa shape index (κ1) is 24.4. The van der Waals surface area contributed by atoms with Gasteiger partial charge in [0.05, 0.1) is 18.7 Å². The van der Waals surface area contributed by atoms with Gasteiger partial charge in [0.2, 0.25) is 0 Å². The van der Waals surface area contributed by atoms with E-state index in [4.69, 9.17) is 17.0 Å². The lowest BCUT2D eigenvalue weighted by Gasteiger charge is -2.26. The quantitative estimate of drug-likeness (QED) is 0.308. The van der Waals surface area contributed by atoms with Crippen molar-refractivity contribution in [1.82, 2.24) is 9.88 Å². The number of hydrogen-bond acceptors (Lipinski definition) is 3. The third-order valence-electron chi connectivity index (χ3n) is 5.72. The second-order valence-corrected chi connectivity index (χ2v) is 8.93. The molecule has 0 bridgehead atoms. The number of aromatic amines is 1. The van der Waals surface area contributed by atoms with Crippen molar-refractivity contribution in [3.05, 3.63) is 105 Å². The van der Waals surface area contributed by atoms with Gasteiger partial charge in [0.25, 0.3) is 5.56 Å². The highest BCUT2D eigenvalue weighted by Gasteiger charge is 2.15. The molecule has 180 valence electrons. The molecule has 4 aromatic rings. The third-order valence-corrected chi connectivity index (χ3v) is 6.08. The molecular weight excluding hydrogens is 461 g/mol. The average Bonchev–Trinajstić information content (AvgIpc) is 2.82. The molecule has 0 aliphatic heterocycles. The number of benzene rings is 3. The number of H-pyrrole nitrogens is 1. The molecule has 0 aliphatic rings. The summed E-state index contributed by atoms with van der Waals surface area (Å²) < 4.78 is 19.0. The van der Waals surface area contributed by atoms with Crippen molar-refractivity contribution in [2.45, 2.75) is 33.9 Å². The molecule has 4 rings (SSSR count).